The lowest BCUT2D eigenvalue weighted by molar-refractivity contribution is -0.123. The van der Waals surface area contributed by atoms with Crippen LogP contribution < -0.4 is 5.32 Å². The molecule has 1 aliphatic rings. The van der Waals surface area contributed by atoms with Crippen LogP contribution in [0.1, 0.15) is 27.4 Å². The molecule has 0 atom stereocenters. The molecule has 0 aliphatic carbocycles. The Morgan fingerprint density at radius 3 is 2.56 bits per heavy atom. The average molecular weight is 476 g/mol. The van der Waals surface area contributed by atoms with Gasteiger partial charge in [-0.05, 0) is 35.9 Å². The monoisotopic (exact) mass is 475 g/mol. The number of carboxylic acids is 1. The van der Waals surface area contributed by atoms with Crippen molar-refractivity contribution in [3.8, 4) is 0 Å². The Morgan fingerprint density at radius 1 is 1.03 bits per heavy atom. The van der Waals surface area contributed by atoms with Crippen LogP contribution in [0.15, 0.2) is 77.0 Å². The Morgan fingerprint density at radius 2 is 1.79 bits per heavy atom. The summed E-state index contributed by atoms with van der Waals surface area (Å²) in [6, 6.07) is 17.1. The van der Waals surface area contributed by atoms with Gasteiger partial charge in [0.2, 0.25) is 5.76 Å². The van der Waals surface area contributed by atoms with Crippen LogP contribution in [0.4, 0.5) is 4.79 Å². The Kier molecular flexibility index (Phi) is 5.43. The molecule has 170 valence electrons. The number of para-hydroxylation sites is 1. The molecule has 5 rings (SSSR count). The minimum absolute atomic E-state index is 0.0633. The number of fused-ring (bicyclic) bond motifs is 1. The molecule has 0 unspecified atom stereocenters. The van der Waals surface area contributed by atoms with Crippen LogP contribution >= 0.6 is 11.6 Å². The van der Waals surface area contributed by atoms with E-state index in [1.54, 1.807) is 36.4 Å². The number of aromatic carboxylic acids is 1. The largest absolute Gasteiger partial charge is 0.475 e. The number of rotatable bonds is 6. The SMILES string of the molecule is O=C(O)c1ccc(Cn2cc(/C=C3\NC(=O)N(Cc4ccccc4Cl)C3=O)c3ccccc32)o1. The second-order valence-corrected chi connectivity index (χ2v) is 8.18. The van der Waals surface area contributed by atoms with Gasteiger partial charge in [-0.1, -0.05) is 48.0 Å². The van der Waals surface area contributed by atoms with Gasteiger partial charge in [0.15, 0.2) is 0 Å². The summed E-state index contributed by atoms with van der Waals surface area (Å²) < 4.78 is 7.29. The van der Waals surface area contributed by atoms with Crippen LogP contribution in [0.3, 0.4) is 0 Å². The summed E-state index contributed by atoms with van der Waals surface area (Å²) in [4.78, 5) is 37.7. The summed E-state index contributed by atoms with van der Waals surface area (Å²) in [5.74, 6) is -1.23. The number of halogens is 1. The zero-order chi connectivity index (χ0) is 23.8. The minimum atomic E-state index is -1.13. The van der Waals surface area contributed by atoms with E-state index >= 15 is 0 Å². The highest BCUT2D eigenvalue weighted by Crippen LogP contribution is 2.27. The van der Waals surface area contributed by atoms with E-state index in [4.69, 9.17) is 21.1 Å². The van der Waals surface area contributed by atoms with Crippen LogP contribution in [0.5, 0.6) is 0 Å². The number of carboxylic acid groups (broad SMARTS) is 1. The number of carbonyl (C=O) groups is 3. The molecule has 8 nitrogen and oxygen atoms in total. The fourth-order valence-electron chi connectivity index (χ4n) is 3.93. The summed E-state index contributed by atoms with van der Waals surface area (Å²) in [7, 11) is 0. The normalized spacial score (nSPS) is 14.9. The number of aromatic nitrogens is 1. The number of nitrogens with one attached hydrogen (secondary N) is 1. The first-order valence-corrected chi connectivity index (χ1v) is 10.8. The van der Waals surface area contributed by atoms with Crippen molar-refractivity contribution in [1.29, 1.82) is 0 Å². The molecule has 9 heteroatoms. The number of urea groups is 1. The van der Waals surface area contributed by atoms with Gasteiger partial charge in [0.25, 0.3) is 5.91 Å². The van der Waals surface area contributed by atoms with Crippen molar-refractivity contribution in [3.63, 3.8) is 0 Å². The third-order valence-corrected chi connectivity index (χ3v) is 5.94. The van der Waals surface area contributed by atoms with E-state index in [9.17, 15) is 14.4 Å². The molecule has 3 amide bonds. The number of benzene rings is 2. The van der Waals surface area contributed by atoms with Crippen molar-refractivity contribution in [2.75, 3.05) is 0 Å². The van der Waals surface area contributed by atoms with E-state index in [2.05, 4.69) is 5.32 Å². The molecule has 1 fully saturated rings. The van der Waals surface area contributed by atoms with Crippen LogP contribution in [0.2, 0.25) is 5.02 Å². The summed E-state index contributed by atoms with van der Waals surface area (Å²) in [5, 5.41) is 13.1. The number of furan rings is 1. The molecule has 1 aliphatic heterocycles. The van der Waals surface area contributed by atoms with Gasteiger partial charge in [0, 0.05) is 27.7 Å². The summed E-state index contributed by atoms with van der Waals surface area (Å²) in [6.45, 7) is 0.365. The second kappa shape index (κ2) is 8.57. The quantitative estimate of drug-likeness (QED) is 0.310. The maximum atomic E-state index is 13.0. The van der Waals surface area contributed by atoms with E-state index in [1.165, 1.54) is 6.07 Å². The van der Waals surface area contributed by atoms with Crippen LogP contribution in [0, 0.1) is 0 Å². The highest BCUT2D eigenvalue weighted by Gasteiger charge is 2.34. The van der Waals surface area contributed by atoms with Gasteiger partial charge in [-0.25, -0.2) is 9.59 Å². The Labute approximate surface area is 198 Å². The van der Waals surface area contributed by atoms with E-state index in [1.807, 2.05) is 35.0 Å². The summed E-state index contributed by atoms with van der Waals surface area (Å²) >= 11 is 6.19. The predicted octanol–water partition coefficient (Wildman–Crippen LogP) is 4.73. The van der Waals surface area contributed by atoms with Gasteiger partial charge in [-0.3, -0.25) is 9.69 Å². The molecular weight excluding hydrogens is 458 g/mol. The molecule has 3 heterocycles. The van der Waals surface area contributed by atoms with E-state index in [-0.39, 0.29) is 18.0 Å². The first-order valence-electron chi connectivity index (χ1n) is 10.4. The molecule has 34 heavy (non-hydrogen) atoms. The molecule has 2 aromatic heterocycles. The summed E-state index contributed by atoms with van der Waals surface area (Å²) in [6.07, 6.45) is 3.47. The first-order chi connectivity index (χ1) is 16.4. The predicted molar refractivity (Wildman–Crippen MR) is 125 cm³/mol. The number of imide groups is 1. The molecule has 2 aromatic carbocycles. The van der Waals surface area contributed by atoms with Crippen LogP contribution in [0.25, 0.3) is 17.0 Å². The smallest absolute Gasteiger partial charge is 0.371 e. The topological polar surface area (TPSA) is 105 Å². The molecule has 0 radical (unpaired) electrons. The van der Waals surface area contributed by atoms with E-state index < -0.39 is 17.9 Å². The van der Waals surface area contributed by atoms with Crippen molar-refractivity contribution in [2.24, 2.45) is 0 Å². The maximum absolute atomic E-state index is 13.0. The van der Waals surface area contributed by atoms with Gasteiger partial charge in [-0.15, -0.1) is 0 Å². The van der Waals surface area contributed by atoms with Crippen molar-refractivity contribution in [3.05, 3.63) is 100 Å². The number of nitrogens with zero attached hydrogens (tertiary/aromatic N) is 2. The number of hydrogen-bond acceptors (Lipinski definition) is 4. The van der Waals surface area contributed by atoms with E-state index in [0.29, 0.717) is 22.9 Å². The highest BCUT2D eigenvalue weighted by molar-refractivity contribution is 6.31. The van der Waals surface area contributed by atoms with Crippen molar-refractivity contribution in [1.82, 2.24) is 14.8 Å². The maximum Gasteiger partial charge on any atom is 0.371 e. The van der Waals surface area contributed by atoms with Crippen molar-refractivity contribution in [2.45, 2.75) is 13.1 Å². The molecule has 0 spiro atoms. The van der Waals surface area contributed by atoms with Crippen LogP contribution in [-0.4, -0.2) is 32.5 Å². The zero-order valence-electron chi connectivity index (χ0n) is 17.7. The highest BCUT2D eigenvalue weighted by atomic mass is 35.5. The lowest BCUT2D eigenvalue weighted by atomic mass is 10.1. The number of carbonyl (C=O) groups excluding carboxylic acids is 2. The van der Waals surface area contributed by atoms with Gasteiger partial charge in [0.05, 0.1) is 13.1 Å². The Bertz CT molecular complexity index is 1480. The van der Waals surface area contributed by atoms with Gasteiger partial charge >= 0.3 is 12.0 Å². The second-order valence-electron chi connectivity index (χ2n) is 7.77. The van der Waals surface area contributed by atoms with E-state index in [0.717, 1.165) is 21.4 Å². The number of hydrogen-bond donors (Lipinski definition) is 2. The Balaban J connectivity index is 1.45. The molecule has 2 N–H and O–H groups in total. The van der Waals surface area contributed by atoms with Crippen LogP contribution in [-0.2, 0) is 17.9 Å². The standard InChI is InChI=1S/C25H18ClN3O5/c26-19-7-3-1-5-15(19)13-29-23(30)20(27-25(29)33)11-16-12-28(21-8-4-2-6-18(16)21)14-17-9-10-22(34-17)24(31)32/h1-12H,13-14H2,(H,27,33)(H,31,32)/b20-11-. The lowest BCUT2D eigenvalue weighted by Crippen LogP contribution is -2.30. The number of amides is 3. The first kappa shape index (κ1) is 21.5. The minimum Gasteiger partial charge on any atom is -0.475 e. The molecule has 4 aromatic rings. The van der Waals surface area contributed by atoms with Gasteiger partial charge < -0.3 is 19.4 Å². The third kappa shape index (κ3) is 3.95. The fraction of sp³-hybridized carbons (Fsp3) is 0.0800. The fourth-order valence-corrected chi connectivity index (χ4v) is 4.13. The van der Waals surface area contributed by atoms with Crippen molar-refractivity contribution < 1.29 is 23.9 Å². The molecular formula is C25H18ClN3O5. The molecule has 0 saturated carbocycles. The summed E-state index contributed by atoms with van der Waals surface area (Å²) in [5.41, 5.74) is 2.42. The Hall–Kier alpha value is -4.30. The van der Waals surface area contributed by atoms with Gasteiger partial charge in [-0.2, -0.15) is 0 Å². The lowest BCUT2D eigenvalue weighted by Gasteiger charge is -2.12. The molecule has 1 saturated heterocycles. The third-order valence-electron chi connectivity index (χ3n) is 5.57. The van der Waals surface area contributed by atoms with Crippen molar-refractivity contribution >= 4 is 46.5 Å². The molecule has 0 bridgehead atoms. The average Bonchev–Trinajstić information content (AvgIpc) is 3.50. The zero-order valence-corrected chi connectivity index (χ0v) is 18.5. The van der Waals surface area contributed by atoms with Gasteiger partial charge in [0.1, 0.15) is 11.5 Å².